The first-order valence-electron chi connectivity index (χ1n) is 5.65. The van der Waals surface area contributed by atoms with Crippen molar-refractivity contribution in [2.24, 2.45) is 5.73 Å². The fraction of sp³-hybridized carbons (Fsp3) is 0.143. The first kappa shape index (κ1) is 14.5. The van der Waals surface area contributed by atoms with Crippen molar-refractivity contribution in [3.8, 4) is 5.75 Å². The van der Waals surface area contributed by atoms with E-state index in [0.29, 0.717) is 17.6 Å². The van der Waals surface area contributed by atoms with E-state index in [0.717, 1.165) is 21.3 Å². The van der Waals surface area contributed by atoms with Gasteiger partial charge in [-0.25, -0.2) is 4.39 Å². The summed E-state index contributed by atoms with van der Waals surface area (Å²) >= 11 is 6.57. The van der Waals surface area contributed by atoms with Gasteiger partial charge in [0.15, 0.2) is 0 Å². The Bertz CT molecular complexity index is 590. The first-order chi connectivity index (χ1) is 9.10. The van der Waals surface area contributed by atoms with Crippen molar-refractivity contribution in [2.45, 2.75) is 13.2 Å². The number of halogens is 3. The van der Waals surface area contributed by atoms with E-state index < -0.39 is 0 Å². The SMILES string of the molecule is NCc1cc(OCc2ccc(F)c(Br)c2)ccc1Br. The van der Waals surface area contributed by atoms with Crippen LogP contribution in [0.15, 0.2) is 45.3 Å². The summed E-state index contributed by atoms with van der Waals surface area (Å²) in [6.45, 7) is 0.824. The van der Waals surface area contributed by atoms with Gasteiger partial charge in [0.2, 0.25) is 0 Å². The number of hydrogen-bond acceptors (Lipinski definition) is 2. The van der Waals surface area contributed by atoms with Crippen LogP contribution in [0.5, 0.6) is 5.75 Å². The zero-order valence-electron chi connectivity index (χ0n) is 10.00. The van der Waals surface area contributed by atoms with E-state index in [1.165, 1.54) is 6.07 Å². The average molecular weight is 389 g/mol. The molecule has 2 N–H and O–H groups in total. The van der Waals surface area contributed by atoms with Crippen LogP contribution in [-0.2, 0) is 13.2 Å². The largest absolute Gasteiger partial charge is 0.489 e. The number of benzene rings is 2. The van der Waals surface area contributed by atoms with Gasteiger partial charge in [0.25, 0.3) is 0 Å². The third-order valence-corrected chi connectivity index (χ3v) is 4.01. The smallest absolute Gasteiger partial charge is 0.137 e. The maximum atomic E-state index is 13.1. The van der Waals surface area contributed by atoms with E-state index >= 15 is 0 Å². The Morgan fingerprint density at radius 1 is 1.05 bits per heavy atom. The maximum absolute atomic E-state index is 13.1. The van der Waals surface area contributed by atoms with Crippen molar-refractivity contribution in [3.63, 3.8) is 0 Å². The molecule has 0 fully saturated rings. The molecule has 0 radical (unpaired) electrons. The molecule has 0 aliphatic rings. The predicted octanol–water partition coefficient (Wildman–Crippen LogP) is 4.39. The Morgan fingerprint density at radius 3 is 2.53 bits per heavy atom. The van der Waals surface area contributed by atoms with E-state index in [2.05, 4.69) is 31.9 Å². The van der Waals surface area contributed by atoms with Crippen LogP contribution in [0.1, 0.15) is 11.1 Å². The highest BCUT2D eigenvalue weighted by Gasteiger charge is 2.03. The molecule has 2 aromatic carbocycles. The highest BCUT2D eigenvalue weighted by molar-refractivity contribution is 9.10. The Labute approximate surface area is 128 Å². The summed E-state index contributed by atoms with van der Waals surface area (Å²) < 4.78 is 20.2. The van der Waals surface area contributed by atoms with E-state index in [4.69, 9.17) is 10.5 Å². The summed E-state index contributed by atoms with van der Waals surface area (Å²) in [5.74, 6) is 0.460. The van der Waals surface area contributed by atoms with Gasteiger partial charge in [0, 0.05) is 11.0 Å². The number of hydrogen-bond donors (Lipinski definition) is 1. The minimum Gasteiger partial charge on any atom is -0.489 e. The molecule has 2 aromatic rings. The molecule has 0 unspecified atom stereocenters. The van der Waals surface area contributed by atoms with E-state index in [-0.39, 0.29) is 5.82 Å². The molecular weight excluding hydrogens is 377 g/mol. The average Bonchev–Trinajstić information content (AvgIpc) is 2.41. The van der Waals surface area contributed by atoms with Crippen LogP contribution in [-0.4, -0.2) is 0 Å². The van der Waals surface area contributed by atoms with Crippen LogP contribution in [0.4, 0.5) is 4.39 Å². The van der Waals surface area contributed by atoms with E-state index in [9.17, 15) is 4.39 Å². The third kappa shape index (κ3) is 3.78. The zero-order chi connectivity index (χ0) is 13.8. The van der Waals surface area contributed by atoms with Crippen molar-refractivity contribution in [1.29, 1.82) is 0 Å². The molecule has 0 saturated carbocycles. The van der Waals surface area contributed by atoms with Crippen LogP contribution < -0.4 is 10.5 Å². The molecule has 100 valence electrons. The molecule has 0 bridgehead atoms. The van der Waals surface area contributed by atoms with Crippen molar-refractivity contribution in [2.75, 3.05) is 0 Å². The van der Waals surface area contributed by atoms with E-state index in [1.54, 1.807) is 12.1 Å². The number of ether oxygens (including phenoxy) is 1. The maximum Gasteiger partial charge on any atom is 0.137 e. The summed E-state index contributed by atoms with van der Waals surface area (Å²) in [7, 11) is 0. The summed E-state index contributed by atoms with van der Waals surface area (Å²) in [5, 5.41) is 0. The highest BCUT2D eigenvalue weighted by atomic mass is 79.9. The monoisotopic (exact) mass is 387 g/mol. The standard InChI is InChI=1S/C14H12Br2FNO/c15-12-3-2-11(6-10(12)7-18)19-8-9-1-4-14(17)13(16)5-9/h1-6H,7-8,18H2. The van der Waals surface area contributed by atoms with Gasteiger partial charge in [-0.05, 0) is 57.4 Å². The van der Waals surface area contributed by atoms with E-state index in [1.807, 2.05) is 18.2 Å². The summed E-state index contributed by atoms with van der Waals surface area (Å²) in [4.78, 5) is 0. The van der Waals surface area contributed by atoms with Gasteiger partial charge in [-0.15, -0.1) is 0 Å². The van der Waals surface area contributed by atoms with Crippen molar-refractivity contribution in [3.05, 3.63) is 62.3 Å². The molecule has 0 aromatic heterocycles. The fourth-order valence-electron chi connectivity index (χ4n) is 1.59. The van der Waals surface area contributed by atoms with Crippen molar-refractivity contribution >= 4 is 31.9 Å². The molecule has 0 saturated heterocycles. The Balaban J connectivity index is 2.07. The van der Waals surface area contributed by atoms with Gasteiger partial charge in [-0.1, -0.05) is 22.0 Å². The molecule has 2 rings (SSSR count). The first-order valence-corrected chi connectivity index (χ1v) is 7.24. The molecule has 2 nitrogen and oxygen atoms in total. The summed E-state index contributed by atoms with van der Waals surface area (Å²) in [5.41, 5.74) is 7.51. The second-order valence-electron chi connectivity index (χ2n) is 3.99. The lowest BCUT2D eigenvalue weighted by Gasteiger charge is -2.09. The Kier molecular flexibility index (Phi) is 4.96. The molecule has 0 amide bonds. The van der Waals surface area contributed by atoms with Gasteiger partial charge in [-0.3, -0.25) is 0 Å². The number of nitrogens with two attached hydrogens (primary N) is 1. The topological polar surface area (TPSA) is 35.2 Å². The van der Waals surface area contributed by atoms with Gasteiger partial charge in [0.1, 0.15) is 18.2 Å². The number of rotatable bonds is 4. The van der Waals surface area contributed by atoms with Crippen molar-refractivity contribution < 1.29 is 9.13 Å². The second-order valence-corrected chi connectivity index (χ2v) is 5.70. The minimum atomic E-state index is -0.280. The lowest BCUT2D eigenvalue weighted by molar-refractivity contribution is 0.305. The molecule has 0 spiro atoms. The van der Waals surface area contributed by atoms with Gasteiger partial charge >= 0.3 is 0 Å². The molecule has 19 heavy (non-hydrogen) atoms. The van der Waals surface area contributed by atoms with Gasteiger partial charge in [0.05, 0.1) is 4.47 Å². The normalized spacial score (nSPS) is 10.5. The van der Waals surface area contributed by atoms with Gasteiger partial charge < -0.3 is 10.5 Å². The molecule has 0 aliphatic heterocycles. The lowest BCUT2D eigenvalue weighted by atomic mass is 10.2. The van der Waals surface area contributed by atoms with Gasteiger partial charge in [-0.2, -0.15) is 0 Å². The highest BCUT2D eigenvalue weighted by Crippen LogP contribution is 2.23. The Hall–Kier alpha value is -0.910. The lowest BCUT2D eigenvalue weighted by Crippen LogP contribution is -2.00. The molecule has 0 heterocycles. The molecule has 5 heteroatoms. The predicted molar refractivity (Wildman–Crippen MR) is 80.5 cm³/mol. The Morgan fingerprint density at radius 2 is 1.84 bits per heavy atom. The fourth-order valence-corrected chi connectivity index (χ4v) is 2.43. The summed E-state index contributed by atoms with van der Waals surface area (Å²) in [6.07, 6.45) is 0. The quantitative estimate of drug-likeness (QED) is 0.842. The minimum absolute atomic E-state index is 0.280. The van der Waals surface area contributed by atoms with Crippen LogP contribution in [0.25, 0.3) is 0 Å². The van der Waals surface area contributed by atoms with Crippen LogP contribution in [0.3, 0.4) is 0 Å². The molecular formula is C14H12Br2FNO. The summed E-state index contributed by atoms with van der Waals surface area (Å²) in [6, 6.07) is 10.5. The second kappa shape index (κ2) is 6.50. The van der Waals surface area contributed by atoms with Crippen LogP contribution >= 0.6 is 31.9 Å². The van der Waals surface area contributed by atoms with Crippen molar-refractivity contribution in [1.82, 2.24) is 0 Å². The molecule has 0 aliphatic carbocycles. The zero-order valence-corrected chi connectivity index (χ0v) is 13.2. The molecule has 0 atom stereocenters. The van der Waals surface area contributed by atoms with Crippen LogP contribution in [0.2, 0.25) is 0 Å². The third-order valence-electron chi connectivity index (χ3n) is 2.63. The van der Waals surface area contributed by atoms with Crippen LogP contribution in [0, 0.1) is 5.82 Å².